The SMILES string of the molecule is NC/C=C\C1CCCC1. The fourth-order valence-electron chi connectivity index (χ4n) is 1.42. The molecule has 0 radical (unpaired) electrons. The summed E-state index contributed by atoms with van der Waals surface area (Å²) in [5.74, 6) is 0.855. The lowest BCUT2D eigenvalue weighted by Crippen LogP contribution is -1.94. The van der Waals surface area contributed by atoms with Gasteiger partial charge in [0.05, 0.1) is 0 Å². The Morgan fingerprint density at radius 3 is 2.56 bits per heavy atom. The van der Waals surface area contributed by atoms with E-state index in [-0.39, 0.29) is 0 Å². The Labute approximate surface area is 56.9 Å². The summed E-state index contributed by atoms with van der Waals surface area (Å²) in [6, 6.07) is 0. The van der Waals surface area contributed by atoms with E-state index in [1.54, 1.807) is 0 Å². The van der Waals surface area contributed by atoms with Crippen LogP contribution in [0.15, 0.2) is 12.2 Å². The lowest BCUT2D eigenvalue weighted by atomic mass is 10.1. The second-order valence-corrected chi connectivity index (χ2v) is 2.71. The second-order valence-electron chi connectivity index (χ2n) is 2.71. The largest absolute Gasteiger partial charge is 0.327 e. The maximum Gasteiger partial charge on any atom is 0.0106 e. The fraction of sp³-hybridized carbons (Fsp3) is 0.750. The molecule has 0 saturated heterocycles. The van der Waals surface area contributed by atoms with Crippen molar-refractivity contribution in [3.05, 3.63) is 12.2 Å². The van der Waals surface area contributed by atoms with Crippen LogP contribution in [0.2, 0.25) is 0 Å². The molecule has 9 heavy (non-hydrogen) atoms. The lowest BCUT2D eigenvalue weighted by molar-refractivity contribution is 0.684. The van der Waals surface area contributed by atoms with E-state index in [0.717, 1.165) is 5.92 Å². The Kier molecular flexibility index (Phi) is 2.78. The minimum absolute atomic E-state index is 0.705. The molecule has 1 heteroatoms. The van der Waals surface area contributed by atoms with Crippen molar-refractivity contribution in [3.63, 3.8) is 0 Å². The summed E-state index contributed by atoms with van der Waals surface area (Å²) >= 11 is 0. The third-order valence-electron chi connectivity index (χ3n) is 1.94. The monoisotopic (exact) mass is 125 g/mol. The molecule has 0 unspecified atom stereocenters. The molecule has 1 fully saturated rings. The highest BCUT2D eigenvalue weighted by atomic mass is 14.5. The van der Waals surface area contributed by atoms with Gasteiger partial charge in [0.25, 0.3) is 0 Å². The maximum atomic E-state index is 5.32. The number of hydrogen-bond donors (Lipinski definition) is 1. The summed E-state index contributed by atoms with van der Waals surface area (Å²) in [5, 5.41) is 0. The van der Waals surface area contributed by atoms with E-state index in [0.29, 0.717) is 6.54 Å². The van der Waals surface area contributed by atoms with E-state index in [9.17, 15) is 0 Å². The van der Waals surface area contributed by atoms with Crippen LogP contribution >= 0.6 is 0 Å². The van der Waals surface area contributed by atoms with Crippen molar-refractivity contribution in [3.8, 4) is 0 Å². The van der Waals surface area contributed by atoms with Crippen LogP contribution in [0.3, 0.4) is 0 Å². The van der Waals surface area contributed by atoms with Crippen LogP contribution in [0.5, 0.6) is 0 Å². The Morgan fingerprint density at radius 1 is 1.33 bits per heavy atom. The van der Waals surface area contributed by atoms with E-state index >= 15 is 0 Å². The first-order valence-corrected chi connectivity index (χ1v) is 3.80. The Balaban J connectivity index is 2.18. The molecular formula is C8H15N. The van der Waals surface area contributed by atoms with Crippen molar-refractivity contribution in [1.29, 1.82) is 0 Å². The molecule has 0 aromatic heterocycles. The van der Waals surface area contributed by atoms with Crippen molar-refractivity contribution >= 4 is 0 Å². The van der Waals surface area contributed by atoms with Crippen molar-refractivity contribution in [1.82, 2.24) is 0 Å². The molecule has 1 aliphatic carbocycles. The van der Waals surface area contributed by atoms with Gasteiger partial charge in [0.1, 0.15) is 0 Å². The smallest absolute Gasteiger partial charge is 0.0106 e. The van der Waals surface area contributed by atoms with Crippen LogP contribution in [0.25, 0.3) is 0 Å². The van der Waals surface area contributed by atoms with Crippen molar-refractivity contribution in [2.75, 3.05) is 6.54 Å². The van der Waals surface area contributed by atoms with Gasteiger partial charge in [-0.25, -0.2) is 0 Å². The fourth-order valence-corrected chi connectivity index (χ4v) is 1.42. The van der Waals surface area contributed by atoms with Gasteiger partial charge in [0.15, 0.2) is 0 Å². The third kappa shape index (κ3) is 2.19. The predicted molar refractivity (Wildman–Crippen MR) is 40.2 cm³/mol. The Morgan fingerprint density at radius 2 is 2.00 bits per heavy atom. The van der Waals surface area contributed by atoms with E-state index in [1.807, 2.05) is 0 Å². The molecule has 0 spiro atoms. The highest BCUT2D eigenvalue weighted by molar-refractivity contribution is 4.91. The average Bonchev–Trinajstić information content (AvgIpc) is 2.34. The third-order valence-corrected chi connectivity index (χ3v) is 1.94. The molecule has 52 valence electrons. The van der Waals surface area contributed by atoms with Crippen LogP contribution in [-0.2, 0) is 0 Å². The summed E-state index contributed by atoms with van der Waals surface area (Å²) in [7, 11) is 0. The highest BCUT2D eigenvalue weighted by Crippen LogP contribution is 2.25. The molecular weight excluding hydrogens is 110 g/mol. The topological polar surface area (TPSA) is 26.0 Å². The normalized spacial score (nSPS) is 21.9. The molecule has 1 aliphatic rings. The number of allylic oxidation sites excluding steroid dienone is 1. The molecule has 1 saturated carbocycles. The van der Waals surface area contributed by atoms with Gasteiger partial charge in [-0.15, -0.1) is 0 Å². The van der Waals surface area contributed by atoms with Crippen LogP contribution in [-0.4, -0.2) is 6.54 Å². The van der Waals surface area contributed by atoms with E-state index < -0.39 is 0 Å². The van der Waals surface area contributed by atoms with Crippen molar-refractivity contribution in [2.45, 2.75) is 25.7 Å². The second kappa shape index (κ2) is 3.67. The predicted octanol–water partition coefficient (Wildman–Crippen LogP) is 1.69. The highest BCUT2D eigenvalue weighted by Gasteiger charge is 2.10. The van der Waals surface area contributed by atoms with Crippen molar-refractivity contribution < 1.29 is 0 Å². The van der Waals surface area contributed by atoms with E-state index in [4.69, 9.17) is 5.73 Å². The first-order chi connectivity index (χ1) is 4.43. The average molecular weight is 125 g/mol. The molecule has 1 nitrogen and oxygen atoms in total. The van der Waals surface area contributed by atoms with Crippen LogP contribution in [0.4, 0.5) is 0 Å². The lowest BCUT2D eigenvalue weighted by Gasteiger charge is -1.97. The van der Waals surface area contributed by atoms with Gasteiger partial charge in [-0.3, -0.25) is 0 Å². The minimum Gasteiger partial charge on any atom is -0.327 e. The Hall–Kier alpha value is -0.300. The molecule has 0 atom stereocenters. The standard InChI is InChI=1S/C8H15N/c9-7-3-6-8-4-1-2-5-8/h3,6,8H,1-2,4-5,7,9H2/b6-3-. The maximum absolute atomic E-state index is 5.32. The molecule has 0 aliphatic heterocycles. The summed E-state index contributed by atoms with van der Waals surface area (Å²) in [6.07, 6.45) is 9.95. The van der Waals surface area contributed by atoms with Gasteiger partial charge >= 0.3 is 0 Å². The number of nitrogens with two attached hydrogens (primary N) is 1. The summed E-state index contributed by atoms with van der Waals surface area (Å²) in [5.41, 5.74) is 5.32. The van der Waals surface area contributed by atoms with Crippen LogP contribution < -0.4 is 5.73 Å². The summed E-state index contributed by atoms with van der Waals surface area (Å²) in [6.45, 7) is 0.705. The molecule has 0 aromatic carbocycles. The van der Waals surface area contributed by atoms with Gasteiger partial charge in [-0.2, -0.15) is 0 Å². The first-order valence-electron chi connectivity index (χ1n) is 3.80. The molecule has 0 aromatic rings. The van der Waals surface area contributed by atoms with Gasteiger partial charge < -0.3 is 5.73 Å². The molecule has 0 amide bonds. The van der Waals surface area contributed by atoms with E-state index in [2.05, 4.69) is 12.2 Å². The Bertz CT molecular complexity index is 90.7. The van der Waals surface area contributed by atoms with Gasteiger partial charge in [0.2, 0.25) is 0 Å². The van der Waals surface area contributed by atoms with Gasteiger partial charge in [0, 0.05) is 6.54 Å². The number of rotatable bonds is 2. The zero-order valence-electron chi connectivity index (χ0n) is 5.84. The first kappa shape index (κ1) is 6.81. The quantitative estimate of drug-likeness (QED) is 0.558. The van der Waals surface area contributed by atoms with Gasteiger partial charge in [-0.05, 0) is 18.8 Å². The number of hydrogen-bond acceptors (Lipinski definition) is 1. The molecule has 0 bridgehead atoms. The van der Waals surface area contributed by atoms with Crippen molar-refractivity contribution in [2.24, 2.45) is 11.7 Å². The van der Waals surface area contributed by atoms with Gasteiger partial charge in [-0.1, -0.05) is 25.0 Å². The molecule has 1 rings (SSSR count). The van der Waals surface area contributed by atoms with Crippen LogP contribution in [0, 0.1) is 5.92 Å². The minimum atomic E-state index is 0.705. The van der Waals surface area contributed by atoms with E-state index in [1.165, 1.54) is 25.7 Å². The summed E-state index contributed by atoms with van der Waals surface area (Å²) in [4.78, 5) is 0. The zero-order valence-corrected chi connectivity index (χ0v) is 5.84. The van der Waals surface area contributed by atoms with Crippen LogP contribution in [0.1, 0.15) is 25.7 Å². The molecule has 2 N–H and O–H groups in total. The zero-order chi connectivity index (χ0) is 6.53. The summed E-state index contributed by atoms with van der Waals surface area (Å²) < 4.78 is 0. The molecule has 0 heterocycles.